The van der Waals surface area contributed by atoms with Crippen molar-refractivity contribution in [3.8, 4) is 0 Å². The summed E-state index contributed by atoms with van der Waals surface area (Å²) >= 11 is 1.70. The van der Waals surface area contributed by atoms with Crippen LogP contribution in [0.1, 0.15) is 54.6 Å². The van der Waals surface area contributed by atoms with Crippen LogP contribution in [-0.2, 0) is 6.54 Å². The highest BCUT2D eigenvalue weighted by Gasteiger charge is 2.20. The fourth-order valence-corrected chi connectivity index (χ4v) is 4.61. The SMILES string of the molecule is O=C(NC1CCCCCC1)c1cc2sccc2n1Cc1ccccc1. The molecular weight excluding hydrogens is 328 g/mol. The lowest BCUT2D eigenvalue weighted by Gasteiger charge is -2.17. The second kappa shape index (κ2) is 7.44. The quantitative estimate of drug-likeness (QED) is 0.643. The molecule has 1 aliphatic carbocycles. The molecule has 0 spiro atoms. The Morgan fingerprint density at radius 2 is 1.84 bits per heavy atom. The molecular formula is C21H24N2OS. The summed E-state index contributed by atoms with van der Waals surface area (Å²) in [6.07, 6.45) is 7.27. The Kier molecular flexibility index (Phi) is 4.88. The molecule has 4 heteroatoms. The van der Waals surface area contributed by atoms with E-state index < -0.39 is 0 Å². The van der Waals surface area contributed by atoms with Gasteiger partial charge in [0.1, 0.15) is 5.69 Å². The summed E-state index contributed by atoms with van der Waals surface area (Å²) < 4.78 is 3.34. The molecule has 0 aliphatic heterocycles. The van der Waals surface area contributed by atoms with Gasteiger partial charge in [0.15, 0.2) is 0 Å². The normalized spacial score (nSPS) is 16.0. The predicted molar refractivity (Wildman–Crippen MR) is 104 cm³/mol. The second-order valence-corrected chi connectivity index (χ2v) is 7.88. The van der Waals surface area contributed by atoms with Gasteiger partial charge in [-0.3, -0.25) is 4.79 Å². The fraction of sp³-hybridized carbons (Fsp3) is 0.381. The first-order chi connectivity index (χ1) is 12.3. The Hall–Kier alpha value is -2.07. The topological polar surface area (TPSA) is 34.0 Å². The highest BCUT2D eigenvalue weighted by atomic mass is 32.1. The van der Waals surface area contributed by atoms with Crippen LogP contribution in [0.3, 0.4) is 0 Å². The Bertz CT molecular complexity index is 841. The number of aromatic nitrogens is 1. The summed E-state index contributed by atoms with van der Waals surface area (Å²) in [5.74, 6) is 0.0752. The molecule has 0 saturated heterocycles. The van der Waals surface area contributed by atoms with E-state index >= 15 is 0 Å². The van der Waals surface area contributed by atoms with Crippen molar-refractivity contribution in [2.24, 2.45) is 0 Å². The van der Waals surface area contributed by atoms with Crippen LogP contribution in [0.2, 0.25) is 0 Å². The first kappa shape index (κ1) is 16.4. The van der Waals surface area contributed by atoms with Gasteiger partial charge in [0, 0.05) is 12.6 Å². The lowest BCUT2D eigenvalue weighted by Crippen LogP contribution is -2.35. The van der Waals surface area contributed by atoms with E-state index in [1.165, 1.54) is 35.9 Å². The number of fused-ring (bicyclic) bond motifs is 1. The van der Waals surface area contributed by atoms with Gasteiger partial charge in [0.2, 0.25) is 0 Å². The second-order valence-electron chi connectivity index (χ2n) is 6.93. The zero-order valence-electron chi connectivity index (χ0n) is 14.4. The number of nitrogens with one attached hydrogen (secondary N) is 1. The first-order valence-corrected chi connectivity index (χ1v) is 10.1. The molecule has 130 valence electrons. The van der Waals surface area contributed by atoms with Crippen molar-refractivity contribution in [3.63, 3.8) is 0 Å². The van der Waals surface area contributed by atoms with Crippen LogP contribution < -0.4 is 5.32 Å². The zero-order valence-corrected chi connectivity index (χ0v) is 15.2. The fourth-order valence-electron chi connectivity index (χ4n) is 3.78. The molecule has 0 unspecified atom stereocenters. The minimum absolute atomic E-state index is 0.0752. The summed E-state index contributed by atoms with van der Waals surface area (Å²) in [7, 11) is 0. The maximum absolute atomic E-state index is 13.0. The Labute approximate surface area is 152 Å². The number of benzene rings is 1. The summed E-state index contributed by atoms with van der Waals surface area (Å²) in [6.45, 7) is 0.731. The molecule has 3 aromatic rings. The third-order valence-electron chi connectivity index (χ3n) is 5.13. The molecule has 25 heavy (non-hydrogen) atoms. The molecule has 0 atom stereocenters. The van der Waals surface area contributed by atoms with E-state index in [4.69, 9.17) is 0 Å². The molecule has 1 amide bonds. The van der Waals surface area contributed by atoms with E-state index in [1.54, 1.807) is 11.3 Å². The van der Waals surface area contributed by atoms with E-state index in [1.807, 2.05) is 6.07 Å². The van der Waals surface area contributed by atoms with E-state index in [-0.39, 0.29) is 5.91 Å². The maximum Gasteiger partial charge on any atom is 0.268 e. The minimum Gasteiger partial charge on any atom is -0.348 e. The van der Waals surface area contributed by atoms with Gasteiger partial charge in [-0.05, 0) is 35.9 Å². The van der Waals surface area contributed by atoms with Crippen molar-refractivity contribution in [2.75, 3.05) is 0 Å². The molecule has 1 N–H and O–H groups in total. The standard InChI is InChI=1S/C21H24N2OS/c24-21(22-17-10-6-1-2-7-11-17)19-14-20-18(12-13-25-20)23(19)15-16-8-4-3-5-9-16/h3-5,8-9,12-14,17H,1-2,6-7,10-11,15H2,(H,22,24). The van der Waals surface area contributed by atoms with Crippen molar-refractivity contribution in [2.45, 2.75) is 51.1 Å². The van der Waals surface area contributed by atoms with E-state index in [0.717, 1.165) is 30.6 Å². The smallest absolute Gasteiger partial charge is 0.268 e. The molecule has 1 aliphatic rings. The van der Waals surface area contributed by atoms with Gasteiger partial charge in [-0.1, -0.05) is 56.0 Å². The van der Waals surface area contributed by atoms with Gasteiger partial charge >= 0.3 is 0 Å². The highest BCUT2D eigenvalue weighted by molar-refractivity contribution is 7.17. The summed E-state index contributed by atoms with van der Waals surface area (Å²) in [5, 5.41) is 5.39. The van der Waals surface area contributed by atoms with Gasteiger partial charge in [-0.25, -0.2) is 0 Å². The van der Waals surface area contributed by atoms with Crippen LogP contribution >= 0.6 is 11.3 Å². The number of carbonyl (C=O) groups excluding carboxylic acids is 1. The molecule has 2 aromatic heterocycles. The number of nitrogens with zero attached hydrogens (tertiary/aromatic N) is 1. The van der Waals surface area contributed by atoms with Crippen molar-refractivity contribution in [1.29, 1.82) is 0 Å². The van der Waals surface area contributed by atoms with Crippen LogP contribution in [0.4, 0.5) is 0 Å². The van der Waals surface area contributed by atoms with Crippen molar-refractivity contribution in [1.82, 2.24) is 9.88 Å². The molecule has 0 radical (unpaired) electrons. The minimum atomic E-state index is 0.0752. The summed E-state index contributed by atoms with van der Waals surface area (Å²) in [4.78, 5) is 13.0. The van der Waals surface area contributed by atoms with Gasteiger partial charge in [-0.15, -0.1) is 11.3 Å². The van der Waals surface area contributed by atoms with E-state index in [2.05, 4.69) is 51.7 Å². The van der Waals surface area contributed by atoms with Crippen LogP contribution in [-0.4, -0.2) is 16.5 Å². The summed E-state index contributed by atoms with van der Waals surface area (Å²) in [5.41, 5.74) is 3.16. The Morgan fingerprint density at radius 1 is 1.08 bits per heavy atom. The Balaban J connectivity index is 1.60. The van der Waals surface area contributed by atoms with Gasteiger partial charge in [0.05, 0.1) is 10.2 Å². The number of amides is 1. The number of carbonyl (C=O) groups is 1. The Morgan fingerprint density at radius 3 is 2.60 bits per heavy atom. The van der Waals surface area contributed by atoms with E-state index in [0.29, 0.717) is 6.04 Å². The third kappa shape index (κ3) is 3.64. The largest absolute Gasteiger partial charge is 0.348 e. The molecule has 1 fully saturated rings. The zero-order chi connectivity index (χ0) is 17.1. The van der Waals surface area contributed by atoms with Crippen molar-refractivity contribution >= 4 is 27.5 Å². The highest BCUT2D eigenvalue weighted by Crippen LogP contribution is 2.27. The predicted octanol–water partition coefficient (Wildman–Crippen LogP) is 5.20. The molecule has 2 heterocycles. The first-order valence-electron chi connectivity index (χ1n) is 9.23. The number of hydrogen-bond acceptors (Lipinski definition) is 2. The molecule has 4 rings (SSSR count). The monoisotopic (exact) mass is 352 g/mol. The van der Waals surface area contributed by atoms with E-state index in [9.17, 15) is 4.79 Å². The maximum atomic E-state index is 13.0. The number of thiophene rings is 1. The van der Waals surface area contributed by atoms with Crippen LogP contribution in [0.15, 0.2) is 47.8 Å². The summed E-state index contributed by atoms with van der Waals surface area (Å²) in [6, 6.07) is 14.9. The van der Waals surface area contributed by atoms with Crippen molar-refractivity contribution < 1.29 is 4.79 Å². The number of hydrogen-bond donors (Lipinski definition) is 1. The average molecular weight is 353 g/mol. The molecule has 0 bridgehead atoms. The molecule has 1 saturated carbocycles. The molecule has 1 aromatic carbocycles. The lowest BCUT2D eigenvalue weighted by atomic mass is 10.1. The van der Waals surface area contributed by atoms with Gasteiger partial charge in [-0.2, -0.15) is 0 Å². The van der Waals surface area contributed by atoms with Crippen LogP contribution in [0, 0.1) is 0 Å². The number of rotatable bonds is 4. The lowest BCUT2D eigenvalue weighted by molar-refractivity contribution is 0.0925. The molecule has 3 nitrogen and oxygen atoms in total. The van der Waals surface area contributed by atoms with Gasteiger partial charge in [0.25, 0.3) is 5.91 Å². The van der Waals surface area contributed by atoms with Gasteiger partial charge < -0.3 is 9.88 Å². The third-order valence-corrected chi connectivity index (χ3v) is 5.98. The van der Waals surface area contributed by atoms with Crippen LogP contribution in [0.5, 0.6) is 0 Å². The average Bonchev–Trinajstić information content (AvgIpc) is 3.11. The van der Waals surface area contributed by atoms with Crippen LogP contribution in [0.25, 0.3) is 10.2 Å². The van der Waals surface area contributed by atoms with Crippen molar-refractivity contribution in [3.05, 3.63) is 59.1 Å².